The Morgan fingerprint density at radius 1 is 1.60 bits per heavy atom. The molecule has 2 rings (SSSR count). The highest BCUT2D eigenvalue weighted by molar-refractivity contribution is 9.11. The van der Waals surface area contributed by atoms with E-state index in [1.54, 1.807) is 6.92 Å². The number of halogens is 1. The molecule has 0 aliphatic heterocycles. The van der Waals surface area contributed by atoms with Crippen LogP contribution < -0.4 is 5.43 Å². The molecule has 0 aromatic carbocycles. The van der Waals surface area contributed by atoms with E-state index in [0.717, 1.165) is 9.35 Å². The molecule has 2 aromatic heterocycles. The number of hydrogen-bond donors (Lipinski definition) is 2. The number of H-pyrrole nitrogens is 1. The highest BCUT2D eigenvalue weighted by Gasteiger charge is 2.16. The topological polar surface area (TPSA) is 70.2 Å². The van der Waals surface area contributed by atoms with Gasteiger partial charge in [0.25, 0.3) is 0 Å². The Morgan fingerprint density at radius 2 is 2.27 bits per heavy atom. The molecule has 0 fully saturated rings. The first-order valence-corrected chi connectivity index (χ1v) is 5.67. The second kappa shape index (κ2) is 3.46. The van der Waals surface area contributed by atoms with Crippen LogP contribution in [0.3, 0.4) is 0 Å². The highest BCUT2D eigenvalue weighted by atomic mass is 79.9. The van der Waals surface area contributed by atoms with Gasteiger partial charge in [0.1, 0.15) is 10.4 Å². The fraction of sp³-hybridized carbons (Fsp3) is 0.111. The van der Waals surface area contributed by atoms with Gasteiger partial charge >= 0.3 is 5.97 Å². The number of pyridine rings is 1. The zero-order valence-corrected chi connectivity index (χ0v) is 10.0. The molecule has 0 spiro atoms. The first-order chi connectivity index (χ1) is 7.02. The minimum absolute atomic E-state index is 0.226. The summed E-state index contributed by atoms with van der Waals surface area (Å²) >= 11 is 4.70. The van der Waals surface area contributed by atoms with E-state index >= 15 is 0 Å². The van der Waals surface area contributed by atoms with Crippen molar-refractivity contribution in [1.29, 1.82) is 0 Å². The number of fused-ring (bicyclic) bond motifs is 1. The Hall–Kier alpha value is -1.14. The average molecular weight is 288 g/mol. The summed E-state index contributed by atoms with van der Waals surface area (Å²) in [5, 5.41) is 9.25. The smallest absolute Gasteiger partial charge is 0.341 e. The van der Waals surface area contributed by atoms with Gasteiger partial charge in [0.2, 0.25) is 5.43 Å². The summed E-state index contributed by atoms with van der Waals surface area (Å²) in [5.74, 6) is -1.21. The monoisotopic (exact) mass is 287 g/mol. The van der Waals surface area contributed by atoms with Crippen molar-refractivity contribution in [1.82, 2.24) is 4.98 Å². The molecule has 15 heavy (non-hydrogen) atoms. The molecule has 0 bridgehead atoms. The second-order valence-corrected chi connectivity index (χ2v) is 5.38. The molecule has 2 aromatic rings. The molecule has 0 aliphatic carbocycles. The SMILES string of the molecule is Cc1c(Br)sc2[nH]cc(C(=O)O)c(=O)c12. The molecule has 0 atom stereocenters. The number of aromatic nitrogens is 1. The summed E-state index contributed by atoms with van der Waals surface area (Å²) in [6, 6.07) is 0. The van der Waals surface area contributed by atoms with Crippen molar-refractivity contribution in [2.24, 2.45) is 0 Å². The molecule has 0 radical (unpaired) electrons. The Morgan fingerprint density at radius 3 is 2.87 bits per heavy atom. The second-order valence-electron chi connectivity index (χ2n) is 3.04. The molecule has 2 N–H and O–H groups in total. The Balaban J connectivity index is 2.95. The van der Waals surface area contributed by atoms with Crippen molar-refractivity contribution in [2.45, 2.75) is 6.92 Å². The van der Waals surface area contributed by atoms with Crippen molar-refractivity contribution >= 4 is 43.5 Å². The molecule has 0 amide bonds. The quantitative estimate of drug-likeness (QED) is 0.846. The molecule has 4 nitrogen and oxygen atoms in total. The summed E-state index contributed by atoms with van der Waals surface area (Å²) in [6.07, 6.45) is 1.23. The minimum Gasteiger partial charge on any atom is -0.477 e. The van der Waals surface area contributed by atoms with Crippen molar-refractivity contribution in [3.05, 3.63) is 31.3 Å². The van der Waals surface area contributed by atoms with Gasteiger partial charge in [-0.2, -0.15) is 0 Å². The predicted molar refractivity (Wildman–Crippen MR) is 61.8 cm³/mol. The number of rotatable bonds is 1. The van der Waals surface area contributed by atoms with Gasteiger partial charge in [0, 0.05) is 6.20 Å². The van der Waals surface area contributed by atoms with Gasteiger partial charge in [0.05, 0.1) is 9.17 Å². The normalized spacial score (nSPS) is 10.8. The molecule has 6 heteroatoms. The molecule has 0 saturated heterocycles. The summed E-state index contributed by atoms with van der Waals surface area (Å²) in [7, 11) is 0. The maximum Gasteiger partial charge on any atom is 0.341 e. The molecule has 0 saturated carbocycles. The van der Waals surface area contributed by atoms with Crippen LogP contribution in [0.5, 0.6) is 0 Å². The number of aromatic carboxylic acids is 1. The minimum atomic E-state index is -1.21. The van der Waals surface area contributed by atoms with E-state index < -0.39 is 11.4 Å². The summed E-state index contributed by atoms with van der Waals surface area (Å²) in [5.41, 5.74) is 0.117. The van der Waals surface area contributed by atoms with Crippen LogP contribution in [-0.2, 0) is 0 Å². The third-order valence-corrected chi connectivity index (χ3v) is 4.23. The van der Waals surface area contributed by atoms with Gasteiger partial charge in [-0.1, -0.05) is 0 Å². The maximum absolute atomic E-state index is 11.8. The van der Waals surface area contributed by atoms with Crippen molar-refractivity contribution in [3.8, 4) is 0 Å². The van der Waals surface area contributed by atoms with Crippen molar-refractivity contribution < 1.29 is 9.90 Å². The van der Waals surface area contributed by atoms with Gasteiger partial charge in [-0.3, -0.25) is 4.79 Å². The predicted octanol–water partition coefficient (Wildman–Crippen LogP) is 2.36. The summed E-state index contributed by atoms with van der Waals surface area (Å²) in [6.45, 7) is 1.78. The van der Waals surface area contributed by atoms with Gasteiger partial charge in [-0.15, -0.1) is 11.3 Å². The Bertz CT molecular complexity index is 614. The number of carboxylic acid groups (broad SMARTS) is 1. The van der Waals surface area contributed by atoms with Gasteiger partial charge in [-0.05, 0) is 28.4 Å². The van der Waals surface area contributed by atoms with Crippen LogP contribution in [0.2, 0.25) is 0 Å². The first-order valence-electron chi connectivity index (χ1n) is 4.06. The van der Waals surface area contributed by atoms with Gasteiger partial charge in [-0.25, -0.2) is 4.79 Å². The van der Waals surface area contributed by atoms with Crippen LogP contribution in [0.25, 0.3) is 10.2 Å². The average Bonchev–Trinajstić information content (AvgIpc) is 2.43. The lowest BCUT2D eigenvalue weighted by Crippen LogP contribution is -2.14. The third kappa shape index (κ3) is 1.49. The number of nitrogens with one attached hydrogen (secondary N) is 1. The largest absolute Gasteiger partial charge is 0.477 e. The standard InChI is InChI=1S/C9H6BrNO3S/c1-3-5-6(12)4(9(13)14)2-11-8(5)15-7(3)10/h2H,1H3,(H,11,12)(H,13,14). The molecule has 2 heterocycles. The van der Waals surface area contributed by atoms with E-state index in [4.69, 9.17) is 5.11 Å². The summed E-state index contributed by atoms with van der Waals surface area (Å²) in [4.78, 5) is 26.0. The fourth-order valence-corrected chi connectivity index (χ4v) is 2.94. The van der Waals surface area contributed by atoms with E-state index in [0.29, 0.717) is 10.2 Å². The van der Waals surface area contributed by atoms with Crippen LogP contribution in [-0.4, -0.2) is 16.1 Å². The molecule has 78 valence electrons. The Labute approximate surface area is 96.7 Å². The van der Waals surface area contributed by atoms with Crippen LogP contribution in [0.1, 0.15) is 15.9 Å². The zero-order valence-electron chi connectivity index (χ0n) is 7.63. The molecule has 0 unspecified atom stereocenters. The van der Waals surface area contributed by atoms with E-state index in [9.17, 15) is 9.59 Å². The lowest BCUT2D eigenvalue weighted by Gasteiger charge is -1.94. The zero-order chi connectivity index (χ0) is 11.2. The molecular formula is C9H6BrNO3S. The lowest BCUT2D eigenvalue weighted by molar-refractivity contribution is 0.0695. The van der Waals surface area contributed by atoms with Gasteiger partial charge < -0.3 is 10.1 Å². The van der Waals surface area contributed by atoms with E-state index in [1.165, 1.54) is 17.5 Å². The van der Waals surface area contributed by atoms with E-state index in [2.05, 4.69) is 20.9 Å². The van der Waals surface area contributed by atoms with E-state index in [-0.39, 0.29) is 5.56 Å². The lowest BCUT2D eigenvalue weighted by atomic mass is 10.2. The third-order valence-electron chi connectivity index (χ3n) is 2.14. The number of aryl methyl sites for hydroxylation is 1. The molecular weight excluding hydrogens is 282 g/mol. The van der Waals surface area contributed by atoms with Crippen LogP contribution in [0, 0.1) is 6.92 Å². The number of aromatic amines is 1. The van der Waals surface area contributed by atoms with Crippen LogP contribution in [0.15, 0.2) is 14.8 Å². The Kier molecular flexibility index (Phi) is 2.40. The van der Waals surface area contributed by atoms with Gasteiger partial charge in [0.15, 0.2) is 0 Å². The molecule has 0 aliphatic rings. The number of carboxylic acids is 1. The fourth-order valence-electron chi connectivity index (χ4n) is 1.36. The highest BCUT2D eigenvalue weighted by Crippen LogP contribution is 2.31. The van der Waals surface area contributed by atoms with Crippen molar-refractivity contribution in [2.75, 3.05) is 0 Å². The van der Waals surface area contributed by atoms with Crippen molar-refractivity contribution in [3.63, 3.8) is 0 Å². The van der Waals surface area contributed by atoms with Crippen LogP contribution >= 0.6 is 27.3 Å². The number of hydrogen-bond acceptors (Lipinski definition) is 3. The first kappa shape index (κ1) is 10.4. The van der Waals surface area contributed by atoms with E-state index in [1.807, 2.05) is 0 Å². The maximum atomic E-state index is 11.8. The van der Waals surface area contributed by atoms with Crippen LogP contribution in [0.4, 0.5) is 0 Å². The number of thiophene rings is 1. The number of carbonyl (C=O) groups is 1. The summed E-state index contributed by atoms with van der Waals surface area (Å²) < 4.78 is 0.841.